The highest BCUT2D eigenvalue weighted by Gasteiger charge is 2.22. The number of benzene rings is 1. The minimum absolute atomic E-state index is 0.718. The number of hydrogen-bond acceptors (Lipinski definition) is 3. The molecule has 2 atom stereocenters. The van der Waals surface area contributed by atoms with Crippen LogP contribution in [0.1, 0.15) is 19.4 Å². The van der Waals surface area contributed by atoms with Gasteiger partial charge in [0.15, 0.2) is 0 Å². The first-order chi connectivity index (χ1) is 8.04. The molecule has 2 unspecified atom stereocenters. The van der Waals surface area contributed by atoms with Crippen molar-refractivity contribution in [2.24, 2.45) is 0 Å². The molecule has 0 aromatic heterocycles. The molecule has 1 aromatic rings. The molecule has 4 heteroatoms. The lowest BCUT2D eigenvalue weighted by molar-refractivity contribution is 0.263. The summed E-state index contributed by atoms with van der Waals surface area (Å²) in [5.41, 5.74) is 8.17. The average molecular weight is 315 g/mol. The van der Waals surface area contributed by atoms with E-state index in [9.17, 15) is 0 Å². The molecule has 1 saturated heterocycles. The van der Waals surface area contributed by atoms with Crippen molar-refractivity contribution in [3.8, 4) is 0 Å². The first-order valence-corrected chi connectivity index (χ1v) is 7.70. The van der Waals surface area contributed by atoms with Gasteiger partial charge in [0, 0.05) is 40.3 Å². The summed E-state index contributed by atoms with van der Waals surface area (Å²) in [5.74, 6) is 0. The van der Waals surface area contributed by atoms with Gasteiger partial charge in [0.1, 0.15) is 0 Å². The normalized spacial score (nSPS) is 26.1. The lowest BCUT2D eigenvalue weighted by atomic mass is 10.1. The predicted octanol–water partition coefficient (Wildman–Crippen LogP) is 3.36. The third-order valence-corrected chi connectivity index (χ3v) is 4.72. The molecule has 1 aliphatic heterocycles. The Labute approximate surface area is 116 Å². The maximum Gasteiger partial charge on any atom is 0.0371 e. The highest BCUT2D eigenvalue weighted by molar-refractivity contribution is 9.10. The molecule has 0 radical (unpaired) electrons. The molecule has 17 heavy (non-hydrogen) atoms. The zero-order valence-corrected chi connectivity index (χ0v) is 12.7. The number of halogens is 1. The third kappa shape index (κ3) is 3.63. The first kappa shape index (κ1) is 13.2. The number of nitrogens with two attached hydrogens (primary N) is 1. The van der Waals surface area contributed by atoms with E-state index in [-0.39, 0.29) is 0 Å². The fourth-order valence-electron chi connectivity index (χ4n) is 2.36. The van der Waals surface area contributed by atoms with Gasteiger partial charge in [-0.15, -0.1) is 0 Å². The third-order valence-electron chi connectivity index (χ3n) is 3.00. The number of anilines is 1. The summed E-state index contributed by atoms with van der Waals surface area (Å²) in [6.07, 6.45) is 0. The van der Waals surface area contributed by atoms with Gasteiger partial charge in [0.25, 0.3) is 0 Å². The molecule has 0 spiro atoms. The molecule has 0 saturated carbocycles. The summed E-state index contributed by atoms with van der Waals surface area (Å²) in [7, 11) is 0. The van der Waals surface area contributed by atoms with Crippen molar-refractivity contribution in [3.63, 3.8) is 0 Å². The van der Waals surface area contributed by atoms with Gasteiger partial charge in [-0.05, 0) is 17.7 Å². The summed E-state index contributed by atoms with van der Waals surface area (Å²) in [5, 5.41) is 1.44. The Hall–Kier alpha value is -0.190. The van der Waals surface area contributed by atoms with Crippen LogP contribution in [0.4, 0.5) is 5.69 Å². The van der Waals surface area contributed by atoms with E-state index in [0.717, 1.165) is 40.3 Å². The van der Waals surface area contributed by atoms with Crippen molar-refractivity contribution in [3.05, 3.63) is 28.2 Å². The van der Waals surface area contributed by atoms with E-state index in [1.807, 2.05) is 6.07 Å². The van der Waals surface area contributed by atoms with Crippen LogP contribution in [-0.4, -0.2) is 28.5 Å². The van der Waals surface area contributed by atoms with Crippen LogP contribution in [0.15, 0.2) is 22.7 Å². The maximum atomic E-state index is 6.05. The van der Waals surface area contributed by atoms with Crippen LogP contribution in [-0.2, 0) is 6.54 Å². The van der Waals surface area contributed by atoms with Gasteiger partial charge in [-0.3, -0.25) is 4.90 Å². The summed E-state index contributed by atoms with van der Waals surface area (Å²) >= 11 is 5.53. The van der Waals surface area contributed by atoms with Gasteiger partial charge < -0.3 is 5.73 Å². The van der Waals surface area contributed by atoms with Crippen LogP contribution in [0.25, 0.3) is 0 Å². The Morgan fingerprint density at radius 2 is 2.00 bits per heavy atom. The zero-order valence-electron chi connectivity index (χ0n) is 10.3. The van der Waals surface area contributed by atoms with E-state index < -0.39 is 0 Å². The Balaban J connectivity index is 2.04. The summed E-state index contributed by atoms with van der Waals surface area (Å²) in [4.78, 5) is 2.51. The molecule has 1 aromatic carbocycles. The number of thioether (sulfide) groups is 1. The van der Waals surface area contributed by atoms with E-state index >= 15 is 0 Å². The monoisotopic (exact) mass is 314 g/mol. The second-order valence-electron chi connectivity index (χ2n) is 4.79. The van der Waals surface area contributed by atoms with E-state index in [1.54, 1.807) is 0 Å². The van der Waals surface area contributed by atoms with Crippen LogP contribution in [0.3, 0.4) is 0 Å². The second-order valence-corrected chi connectivity index (χ2v) is 7.59. The average Bonchev–Trinajstić information content (AvgIpc) is 2.21. The molecular formula is C13H19BrN2S. The Kier molecular flexibility index (Phi) is 4.39. The van der Waals surface area contributed by atoms with E-state index in [0.29, 0.717) is 0 Å². The van der Waals surface area contributed by atoms with Gasteiger partial charge in [-0.1, -0.05) is 35.8 Å². The van der Waals surface area contributed by atoms with Gasteiger partial charge in [0.05, 0.1) is 0 Å². The van der Waals surface area contributed by atoms with Crippen LogP contribution in [0.2, 0.25) is 0 Å². The van der Waals surface area contributed by atoms with Gasteiger partial charge in [0.2, 0.25) is 0 Å². The minimum Gasteiger partial charge on any atom is -0.398 e. The van der Waals surface area contributed by atoms with Crippen LogP contribution in [0, 0.1) is 0 Å². The summed E-state index contributed by atoms with van der Waals surface area (Å²) < 4.78 is 1.05. The Bertz CT molecular complexity index is 387. The fourth-order valence-corrected chi connectivity index (χ4v) is 4.13. The molecule has 94 valence electrons. The fraction of sp³-hybridized carbons (Fsp3) is 0.538. The van der Waals surface area contributed by atoms with Crippen molar-refractivity contribution in [1.82, 2.24) is 4.90 Å². The predicted molar refractivity (Wildman–Crippen MR) is 80.3 cm³/mol. The number of rotatable bonds is 2. The molecule has 2 N–H and O–H groups in total. The molecule has 0 bridgehead atoms. The Morgan fingerprint density at radius 3 is 2.59 bits per heavy atom. The molecule has 1 fully saturated rings. The summed E-state index contributed by atoms with van der Waals surface area (Å²) in [6.45, 7) is 7.89. The molecule has 2 rings (SSSR count). The number of nitrogen functional groups attached to an aromatic ring is 1. The van der Waals surface area contributed by atoms with Crippen LogP contribution >= 0.6 is 27.7 Å². The number of hydrogen-bond donors (Lipinski definition) is 1. The van der Waals surface area contributed by atoms with Crippen molar-refractivity contribution in [2.45, 2.75) is 30.9 Å². The molecule has 0 amide bonds. The maximum absolute atomic E-state index is 6.05. The van der Waals surface area contributed by atoms with Crippen molar-refractivity contribution in [2.75, 3.05) is 18.8 Å². The lowest BCUT2D eigenvalue weighted by Crippen LogP contribution is -2.39. The lowest BCUT2D eigenvalue weighted by Gasteiger charge is -2.34. The topological polar surface area (TPSA) is 29.3 Å². The number of nitrogens with zero attached hydrogens (tertiary/aromatic N) is 1. The molecule has 1 aliphatic rings. The minimum atomic E-state index is 0.718. The molecular weight excluding hydrogens is 296 g/mol. The van der Waals surface area contributed by atoms with Gasteiger partial charge in [-0.2, -0.15) is 11.8 Å². The van der Waals surface area contributed by atoms with Crippen molar-refractivity contribution < 1.29 is 0 Å². The largest absolute Gasteiger partial charge is 0.398 e. The SMILES string of the molecule is CC1CN(Cc2ccc(Br)cc2N)CC(C)S1. The van der Waals surface area contributed by atoms with Crippen LogP contribution in [0.5, 0.6) is 0 Å². The van der Waals surface area contributed by atoms with Gasteiger partial charge in [-0.25, -0.2) is 0 Å². The highest BCUT2D eigenvalue weighted by atomic mass is 79.9. The molecule has 0 aliphatic carbocycles. The highest BCUT2D eigenvalue weighted by Crippen LogP contribution is 2.27. The van der Waals surface area contributed by atoms with Crippen LogP contribution < -0.4 is 5.73 Å². The zero-order chi connectivity index (χ0) is 12.4. The quantitative estimate of drug-likeness (QED) is 0.849. The molecule has 1 heterocycles. The van der Waals surface area contributed by atoms with E-state index in [1.165, 1.54) is 5.56 Å². The standard InChI is InChI=1S/C13H19BrN2S/c1-9-6-16(7-10(2)17-9)8-11-3-4-12(14)5-13(11)15/h3-5,9-10H,6-8,15H2,1-2H3. The van der Waals surface area contributed by atoms with Crippen molar-refractivity contribution in [1.29, 1.82) is 0 Å². The van der Waals surface area contributed by atoms with Crippen molar-refractivity contribution >= 4 is 33.4 Å². The first-order valence-electron chi connectivity index (χ1n) is 5.96. The molecule has 2 nitrogen and oxygen atoms in total. The van der Waals surface area contributed by atoms with E-state index in [2.05, 4.69) is 58.6 Å². The van der Waals surface area contributed by atoms with Gasteiger partial charge >= 0.3 is 0 Å². The second kappa shape index (κ2) is 5.63. The smallest absolute Gasteiger partial charge is 0.0371 e. The van der Waals surface area contributed by atoms with E-state index in [4.69, 9.17) is 5.73 Å². The Morgan fingerprint density at radius 1 is 1.35 bits per heavy atom. The summed E-state index contributed by atoms with van der Waals surface area (Å²) in [6, 6.07) is 6.18.